The Hall–Kier alpha value is -1.55. The zero-order valence-corrected chi connectivity index (χ0v) is 13.1. The second-order valence-corrected chi connectivity index (χ2v) is 6.50. The van der Waals surface area contributed by atoms with Crippen LogP contribution in [0.15, 0.2) is 18.2 Å². The standard InChI is InChI=1S/C18H26N2O2/c19-14-7-9-16-13(12-14)4-3-6-17(16)20-18(21)10-8-15-5-1-2-11-22-15/h7,9,12,15,17H,1-6,8,10-11,19H2,(H,20,21). The molecule has 0 bridgehead atoms. The molecule has 1 heterocycles. The maximum absolute atomic E-state index is 12.2. The molecule has 0 radical (unpaired) electrons. The van der Waals surface area contributed by atoms with E-state index in [0.29, 0.717) is 6.42 Å². The molecule has 1 aliphatic heterocycles. The van der Waals surface area contributed by atoms with Gasteiger partial charge >= 0.3 is 0 Å². The zero-order chi connectivity index (χ0) is 15.4. The normalized spacial score (nSPS) is 24.5. The lowest BCUT2D eigenvalue weighted by Gasteiger charge is -2.27. The summed E-state index contributed by atoms with van der Waals surface area (Å²) in [6.45, 7) is 0.851. The number of nitrogen functional groups attached to an aromatic ring is 1. The van der Waals surface area contributed by atoms with Crippen molar-refractivity contribution in [2.24, 2.45) is 0 Å². The molecule has 4 nitrogen and oxygen atoms in total. The van der Waals surface area contributed by atoms with Gasteiger partial charge in [0.2, 0.25) is 5.91 Å². The van der Waals surface area contributed by atoms with E-state index in [1.54, 1.807) is 0 Å². The van der Waals surface area contributed by atoms with Gasteiger partial charge in [0.1, 0.15) is 0 Å². The van der Waals surface area contributed by atoms with Gasteiger partial charge in [-0.3, -0.25) is 4.79 Å². The van der Waals surface area contributed by atoms with Gasteiger partial charge in [0.05, 0.1) is 12.1 Å². The fourth-order valence-corrected chi connectivity index (χ4v) is 3.58. The van der Waals surface area contributed by atoms with Crippen LogP contribution >= 0.6 is 0 Å². The van der Waals surface area contributed by atoms with Crippen molar-refractivity contribution in [3.63, 3.8) is 0 Å². The van der Waals surface area contributed by atoms with E-state index in [1.807, 2.05) is 12.1 Å². The Morgan fingerprint density at radius 1 is 1.27 bits per heavy atom. The zero-order valence-electron chi connectivity index (χ0n) is 13.1. The van der Waals surface area contributed by atoms with Crippen LogP contribution in [0.2, 0.25) is 0 Å². The fraction of sp³-hybridized carbons (Fsp3) is 0.611. The van der Waals surface area contributed by atoms with Crippen molar-refractivity contribution in [1.82, 2.24) is 5.32 Å². The summed E-state index contributed by atoms with van der Waals surface area (Å²) in [4.78, 5) is 12.2. The summed E-state index contributed by atoms with van der Waals surface area (Å²) >= 11 is 0. The first-order valence-electron chi connectivity index (χ1n) is 8.51. The summed E-state index contributed by atoms with van der Waals surface area (Å²) in [5, 5.41) is 3.20. The molecule has 0 spiro atoms. The quantitative estimate of drug-likeness (QED) is 0.840. The predicted octanol–water partition coefficient (Wildman–Crippen LogP) is 3.11. The Morgan fingerprint density at radius 3 is 3.00 bits per heavy atom. The first kappa shape index (κ1) is 15.3. The fourth-order valence-electron chi connectivity index (χ4n) is 3.58. The largest absolute Gasteiger partial charge is 0.399 e. The molecule has 1 amide bonds. The Kier molecular flexibility index (Phi) is 4.98. The van der Waals surface area contributed by atoms with Crippen LogP contribution in [0.5, 0.6) is 0 Å². The predicted molar refractivity (Wildman–Crippen MR) is 87.5 cm³/mol. The molecule has 1 fully saturated rings. The van der Waals surface area contributed by atoms with Crippen LogP contribution in [0.3, 0.4) is 0 Å². The van der Waals surface area contributed by atoms with Gasteiger partial charge in [-0.25, -0.2) is 0 Å². The van der Waals surface area contributed by atoms with Gasteiger partial charge in [0, 0.05) is 18.7 Å². The first-order chi connectivity index (χ1) is 10.7. The van der Waals surface area contributed by atoms with Crippen LogP contribution in [0, 0.1) is 0 Å². The average Bonchev–Trinajstić information content (AvgIpc) is 2.54. The third-order valence-electron chi connectivity index (χ3n) is 4.78. The van der Waals surface area contributed by atoms with E-state index in [2.05, 4.69) is 11.4 Å². The molecule has 3 rings (SSSR count). The van der Waals surface area contributed by atoms with E-state index < -0.39 is 0 Å². The first-order valence-corrected chi connectivity index (χ1v) is 8.51. The number of nitrogens with one attached hydrogen (secondary N) is 1. The molecule has 0 saturated carbocycles. The number of anilines is 1. The van der Waals surface area contributed by atoms with E-state index >= 15 is 0 Å². The third kappa shape index (κ3) is 3.80. The van der Waals surface area contributed by atoms with Crippen molar-refractivity contribution in [3.8, 4) is 0 Å². The molecule has 1 aromatic rings. The van der Waals surface area contributed by atoms with E-state index in [1.165, 1.54) is 17.5 Å². The van der Waals surface area contributed by atoms with Crippen molar-refractivity contribution >= 4 is 11.6 Å². The lowest BCUT2D eigenvalue weighted by Crippen LogP contribution is -2.32. The van der Waals surface area contributed by atoms with Gasteiger partial charge in [-0.2, -0.15) is 0 Å². The van der Waals surface area contributed by atoms with Gasteiger partial charge in [-0.05, 0) is 68.2 Å². The molecule has 2 aliphatic rings. The molecule has 1 aliphatic carbocycles. The molecule has 1 aromatic carbocycles. The highest BCUT2D eigenvalue weighted by atomic mass is 16.5. The molecule has 3 N–H and O–H groups in total. The number of carbonyl (C=O) groups is 1. The number of hydrogen-bond acceptors (Lipinski definition) is 3. The molecule has 0 aromatic heterocycles. The molecule has 4 heteroatoms. The van der Waals surface area contributed by atoms with Crippen LogP contribution in [-0.4, -0.2) is 18.6 Å². The van der Waals surface area contributed by atoms with Gasteiger partial charge < -0.3 is 15.8 Å². The van der Waals surface area contributed by atoms with Gasteiger partial charge in [0.15, 0.2) is 0 Å². The van der Waals surface area contributed by atoms with Gasteiger partial charge in [-0.15, -0.1) is 0 Å². The van der Waals surface area contributed by atoms with Crippen molar-refractivity contribution in [3.05, 3.63) is 29.3 Å². The SMILES string of the molecule is Nc1ccc2c(c1)CCCC2NC(=O)CCC1CCCCO1. The van der Waals surface area contributed by atoms with E-state index in [0.717, 1.165) is 50.8 Å². The van der Waals surface area contributed by atoms with E-state index in [9.17, 15) is 4.79 Å². The number of amides is 1. The Bertz CT molecular complexity index is 524. The summed E-state index contributed by atoms with van der Waals surface area (Å²) in [7, 11) is 0. The van der Waals surface area contributed by atoms with Crippen LogP contribution < -0.4 is 11.1 Å². The average molecular weight is 302 g/mol. The van der Waals surface area contributed by atoms with Crippen LogP contribution in [0.4, 0.5) is 5.69 Å². The number of carbonyl (C=O) groups excluding carboxylic acids is 1. The topological polar surface area (TPSA) is 64.3 Å². The molecular formula is C18H26N2O2. The van der Waals surface area contributed by atoms with Crippen molar-refractivity contribution in [2.75, 3.05) is 12.3 Å². The van der Waals surface area contributed by atoms with Crippen molar-refractivity contribution in [1.29, 1.82) is 0 Å². The number of nitrogens with two attached hydrogens (primary N) is 1. The monoisotopic (exact) mass is 302 g/mol. The number of hydrogen-bond donors (Lipinski definition) is 2. The second kappa shape index (κ2) is 7.14. The second-order valence-electron chi connectivity index (χ2n) is 6.50. The summed E-state index contributed by atoms with van der Waals surface area (Å²) in [6.07, 6.45) is 8.34. The third-order valence-corrected chi connectivity index (χ3v) is 4.78. The highest BCUT2D eigenvalue weighted by molar-refractivity contribution is 5.76. The summed E-state index contributed by atoms with van der Waals surface area (Å²) in [6, 6.07) is 6.19. The molecular weight excluding hydrogens is 276 g/mol. The highest BCUT2D eigenvalue weighted by Crippen LogP contribution is 2.31. The number of benzene rings is 1. The Balaban J connectivity index is 1.53. The number of ether oxygens (including phenoxy) is 1. The van der Waals surface area contributed by atoms with Gasteiger partial charge in [0.25, 0.3) is 0 Å². The summed E-state index contributed by atoms with van der Waals surface area (Å²) in [5.41, 5.74) is 9.19. The van der Waals surface area contributed by atoms with Gasteiger partial charge in [-0.1, -0.05) is 6.07 Å². The van der Waals surface area contributed by atoms with Crippen LogP contribution in [0.1, 0.15) is 62.1 Å². The molecule has 2 unspecified atom stereocenters. The summed E-state index contributed by atoms with van der Waals surface area (Å²) in [5.74, 6) is 0.142. The number of fused-ring (bicyclic) bond motifs is 1. The van der Waals surface area contributed by atoms with Crippen molar-refractivity contribution < 1.29 is 9.53 Å². The smallest absolute Gasteiger partial charge is 0.220 e. The van der Waals surface area contributed by atoms with E-state index in [-0.39, 0.29) is 18.1 Å². The molecule has 22 heavy (non-hydrogen) atoms. The number of aryl methyl sites for hydroxylation is 1. The van der Waals surface area contributed by atoms with Crippen LogP contribution in [0.25, 0.3) is 0 Å². The maximum Gasteiger partial charge on any atom is 0.220 e. The Morgan fingerprint density at radius 2 is 2.18 bits per heavy atom. The minimum absolute atomic E-state index is 0.142. The lowest BCUT2D eigenvalue weighted by molar-refractivity contribution is -0.123. The number of rotatable bonds is 4. The van der Waals surface area contributed by atoms with Crippen molar-refractivity contribution in [2.45, 2.75) is 63.5 Å². The molecule has 2 atom stereocenters. The minimum Gasteiger partial charge on any atom is -0.399 e. The lowest BCUT2D eigenvalue weighted by atomic mass is 9.87. The molecule has 1 saturated heterocycles. The molecule has 120 valence electrons. The summed E-state index contributed by atoms with van der Waals surface area (Å²) < 4.78 is 5.69. The minimum atomic E-state index is 0.142. The van der Waals surface area contributed by atoms with Crippen LogP contribution in [-0.2, 0) is 16.0 Å². The maximum atomic E-state index is 12.2. The Labute approximate surface area is 132 Å². The van der Waals surface area contributed by atoms with E-state index in [4.69, 9.17) is 10.5 Å². The highest BCUT2D eigenvalue weighted by Gasteiger charge is 2.22.